The Bertz CT molecular complexity index is 157. The summed E-state index contributed by atoms with van der Waals surface area (Å²) in [5, 5.41) is 0. The number of unbranched alkanes of at least 4 members (excludes halogenated alkanes) is 8. The van der Waals surface area contributed by atoms with E-state index >= 15 is 0 Å². The van der Waals surface area contributed by atoms with Gasteiger partial charge in [0.1, 0.15) is 0 Å². The van der Waals surface area contributed by atoms with Gasteiger partial charge in [-0.25, -0.2) is 4.79 Å². The molecule has 0 unspecified atom stereocenters. The van der Waals surface area contributed by atoms with Crippen LogP contribution in [0.3, 0.4) is 0 Å². The van der Waals surface area contributed by atoms with Crippen molar-refractivity contribution in [3.05, 3.63) is 0 Å². The van der Waals surface area contributed by atoms with Crippen LogP contribution < -0.4 is 0 Å². The third-order valence-corrected chi connectivity index (χ3v) is 2.66. The second-order valence-electron chi connectivity index (χ2n) is 4.20. The van der Waals surface area contributed by atoms with E-state index in [0.29, 0.717) is 6.42 Å². The summed E-state index contributed by atoms with van der Waals surface area (Å²) in [5.41, 5.74) is 0. The number of carbonyl (C=O) groups excluding carboxylic acids is 1. The Kier molecular flexibility index (Phi) is 12.1. The summed E-state index contributed by atoms with van der Waals surface area (Å²) in [6.45, 7) is 2.24. The van der Waals surface area contributed by atoms with Crippen molar-refractivity contribution in [1.29, 1.82) is 0 Å². The van der Waals surface area contributed by atoms with Crippen LogP contribution in [0.4, 0.5) is 0 Å². The van der Waals surface area contributed by atoms with Crippen LogP contribution in [0.25, 0.3) is 0 Å². The van der Waals surface area contributed by atoms with E-state index in [1.807, 2.05) is 0 Å². The number of hydrogen-bond donors (Lipinski definition) is 0. The van der Waals surface area contributed by atoms with Gasteiger partial charge in [0.25, 0.3) is 0 Å². The van der Waals surface area contributed by atoms with Crippen molar-refractivity contribution in [3.8, 4) is 0 Å². The summed E-state index contributed by atoms with van der Waals surface area (Å²) in [6.07, 6.45) is 11.8. The molecular formula is C13H26O3. The zero-order valence-electron chi connectivity index (χ0n) is 10.8. The van der Waals surface area contributed by atoms with Crippen molar-refractivity contribution in [3.63, 3.8) is 0 Å². The van der Waals surface area contributed by atoms with Gasteiger partial charge in [0.15, 0.2) is 0 Å². The summed E-state index contributed by atoms with van der Waals surface area (Å²) in [6, 6.07) is 0. The van der Waals surface area contributed by atoms with E-state index in [4.69, 9.17) is 0 Å². The third-order valence-electron chi connectivity index (χ3n) is 2.66. The quantitative estimate of drug-likeness (QED) is 0.305. The summed E-state index contributed by atoms with van der Waals surface area (Å²) in [5.74, 6) is -0.259. The van der Waals surface area contributed by atoms with Gasteiger partial charge in [0.2, 0.25) is 0 Å². The standard InChI is InChI=1S/C13H26O3/c1-3-4-5-6-7-8-9-10-11-12-13(14)16-15-2/h3-12H2,1-2H3. The van der Waals surface area contributed by atoms with Crippen LogP contribution in [-0.4, -0.2) is 13.1 Å². The smallest absolute Gasteiger partial charge is 0.299 e. The first-order chi connectivity index (χ1) is 7.81. The Morgan fingerprint density at radius 3 is 1.88 bits per heavy atom. The second-order valence-corrected chi connectivity index (χ2v) is 4.20. The summed E-state index contributed by atoms with van der Waals surface area (Å²) in [7, 11) is 1.36. The maximum atomic E-state index is 10.9. The van der Waals surface area contributed by atoms with Crippen LogP contribution in [0.15, 0.2) is 0 Å². The minimum Gasteiger partial charge on any atom is -0.299 e. The van der Waals surface area contributed by atoms with Gasteiger partial charge < -0.3 is 0 Å². The molecule has 3 nitrogen and oxygen atoms in total. The lowest BCUT2D eigenvalue weighted by Gasteiger charge is -2.01. The molecule has 96 valence electrons. The first kappa shape index (κ1) is 15.4. The van der Waals surface area contributed by atoms with E-state index in [0.717, 1.165) is 12.8 Å². The molecule has 0 aromatic rings. The molecule has 0 aliphatic rings. The van der Waals surface area contributed by atoms with E-state index in [2.05, 4.69) is 16.7 Å². The first-order valence-corrected chi connectivity index (χ1v) is 6.54. The maximum absolute atomic E-state index is 10.9. The molecule has 0 N–H and O–H groups in total. The minimum atomic E-state index is -0.259. The zero-order chi connectivity index (χ0) is 12.1. The molecule has 0 aromatic heterocycles. The van der Waals surface area contributed by atoms with Gasteiger partial charge in [-0.05, 0) is 6.42 Å². The molecule has 0 aliphatic carbocycles. The van der Waals surface area contributed by atoms with Gasteiger partial charge in [0.05, 0.1) is 7.11 Å². The Labute approximate surface area is 99.4 Å². The highest BCUT2D eigenvalue weighted by atomic mass is 17.2. The average molecular weight is 230 g/mol. The predicted molar refractivity (Wildman–Crippen MR) is 64.9 cm³/mol. The molecule has 0 amide bonds. The van der Waals surface area contributed by atoms with E-state index in [-0.39, 0.29) is 5.97 Å². The summed E-state index contributed by atoms with van der Waals surface area (Å²) in [4.78, 5) is 19.6. The van der Waals surface area contributed by atoms with Gasteiger partial charge in [-0.3, -0.25) is 4.89 Å². The lowest BCUT2D eigenvalue weighted by molar-refractivity contribution is -0.255. The Hall–Kier alpha value is -0.570. The molecule has 0 atom stereocenters. The fraction of sp³-hybridized carbons (Fsp3) is 0.923. The predicted octanol–water partition coefficient (Wildman–Crippen LogP) is 4.01. The van der Waals surface area contributed by atoms with Crippen LogP contribution in [0.1, 0.15) is 71.1 Å². The van der Waals surface area contributed by atoms with Crippen molar-refractivity contribution in [2.75, 3.05) is 7.11 Å². The summed E-state index contributed by atoms with van der Waals surface area (Å²) >= 11 is 0. The van der Waals surface area contributed by atoms with Gasteiger partial charge in [-0.1, -0.05) is 58.3 Å². The molecule has 0 aromatic carbocycles. The summed E-state index contributed by atoms with van der Waals surface area (Å²) < 4.78 is 0. The molecule has 0 heterocycles. The fourth-order valence-electron chi connectivity index (χ4n) is 1.71. The van der Waals surface area contributed by atoms with Crippen LogP contribution in [-0.2, 0) is 14.6 Å². The van der Waals surface area contributed by atoms with Crippen molar-refractivity contribution in [2.24, 2.45) is 0 Å². The van der Waals surface area contributed by atoms with Crippen molar-refractivity contribution in [1.82, 2.24) is 0 Å². The lowest BCUT2D eigenvalue weighted by Crippen LogP contribution is -2.02. The second kappa shape index (κ2) is 12.5. The van der Waals surface area contributed by atoms with Crippen molar-refractivity contribution < 1.29 is 14.6 Å². The molecule has 0 aliphatic heterocycles. The molecule has 16 heavy (non-hydrogen) atoms. The third kappa shape index (κ3) is 11.5. The van der Waals surface area contributed by atoms with Gasteiger partial charge in [0, 0.05) is 6.42 Å². The van der Waals surface area contributed by atoms with Crippen LogP contribution in [0, 0.1) is 0 Å². The molecule has 0 saturated carbocycles. The van der Waals surface area contributed by atoms with Crippen LogP contribution in [0.5, 0.6) is 0 Å². The van der Waals surface area contributed by atoms with E-state index in [9.17, 15) is 4.79 Å². The molecule has 0 rings (SSSR count). The van der Waals surface area contributed by atoms with E-state index < -0.39 is 0 Å². The highest BCUT2D eigenvalue weighted by molar-refractivity contribution is 5.68. The van der Waals surface area contributed by atoms with Crippen molar-refractivity contribution >= 4 is 5.97 Å². The Morgan fingerprint density at radius 1 is 0.875 bits per heavy atom. The monoisotopic (exact) mass is 230 g/mol. The first-order valence-electron chi connectivity index (χ1n) is 6.54. The highest BCUT2D eigenvalue weighted by Crippen LogP contribution is 2.10. The number of hydrogen-bond acceptors (Lipinski definition) is 3. The number of carbonyl (C=O) groups is 1. The molecule has 0 radical (unpaired) electrons. The average Bonchev–Trinajstić information content (AvgIpc) is 2.27. The molecular weight excluding hydrogens is 204 g/mol. The number of rotatable bonds is 11. The normalized spacial score (nSPS) is 10.4. The topological polar surface area (TPSA) is 35.5 Å². The molecule has 0 spiro atoms. The SMILES string of the molecule is CCCCCCCCCCCC(=O)OOC. The molecule has 0 saturated heterocycles. The van der Waals surface area contributed by atoms with Gasteiger partial charge in [-0.2, -0.15) is 4.89 Å². The highest BCUT2D eigenvalue weighted by Gasteiger charge is 2.01. The van der Waals surface area contributed by atoms with E-state index in [1.54, 1.807) is 0 Å². The van der Waals surface area contributed by atoms with Crippen molar-refractivity contribution in [2.45, 2.75) is 71.1 Å². The molecule has 0 bridgehead atoms. The van der Waals surface area contributed by atoms with Gasteiger partial charge >= 0.3 is 5.97 Å². The maximum Gasteiger partial charge on any atom is 0.342 e. The largest absolute Gasteiger partial charge is 0.342 e. The Balaban J connectivity index is 3.01. The molecule has 0 fully saturated rings. The van der Waals surface area contributed by atoms with E-state index in [1.165, 1.54) is 52.1 Å². The van der Waals surface area contributed by atoms with Gasteiger partial charge in [-0.15, -0.1) is 0 Å². The van der Waals surface area contributed by atoms with Crippen LogP contribution in [0.2, 0.25) is 0 Å². The molecule has 3 heteroatoms. The fourth-order valence-corrected chi connectivity index (χ4v) is 1.71. The van der Waals surface area contributed by atoms with Crippen LogP contribution >= 0.6 is 0 Å². The lowest BCUT2D eigenvalue weighted by atomic mass is 10.1. The Morgan fingerprint density at radius 2 is 1.38 bits per heavy atom. The minimum absolute atomic E-state index is 0.259. The zero-order valence-corrected chi connectivity index (χ0v) is 10.8.